The normalized spacial score (nSPS) is 14.7. The van der Waals surface area contributed by atoms with Gasteiger partial charge in [-0.2, -0.15) is 0 Å². The van der Waals surface area contributed by atoms with Crippen molar-refractivity contribution in [3.05, 3.63) is 65.7 Å². The van der Waals surface area contributed by atoms with Gasteiger partial charge in [0, 0.05) is 24.8 Å². The van der Waals surface area contributed by atoms with Crippen molar-refractivity contribution < 1.29 is 23.1 Å². The Kier molecular flexibility index (Phi) is 6.11. The van der Waals surface area contributed by atoms with Gasteiger partial charge in [0.2, 0.25) is 0 Å². The minimum Gasteiger partial charge on any atom is -0.481 e. The van der Waals surface area contributed by atoms with Crippen molar-refractivity contribution in [3.8, 4) is 5.75 Å². The number of amides is 3. The zero-order valence-corrected chi connectivity index (χ0v) is 15.8. The van der Waals surface area contributed by atoms with E-state index in [-0.39, 0.29) is 5.69 Å². The van der Waals surface area contributed by atoms with Crippen LogP contribution < -0.4 is 15.8 Å². The van der Waals surface area contributed by atoms with E-state index in [9.17, 15) is 18.4 Å². The molecule has 0 radical (unpaired) electrons. The van der Waals surface area contributed by atoms with Crippen LogP contribution >= 0.6 is 0 Å². The molecule has 3 rings (SSSR count). The molecule has 0 unspecified atom stereocenters. The van der Waals surface area contributed by atoms with Gasteiger partial charge < -0.3 is 20.7 Å². The molecule has 0 spiro atoms. The average Bonchev–Trinajstić information content (AvgIpc) is 2.71. The molecule has 29 heavy (non-hydrogen) atoms. The van der Waals surface area contributed by atoms with E-state index < -0.39 is 29.7 Å². The summed E-state index contributed by atoms with van der Waals surface area (Å²) in [5.41, 5.74) is 7.53. The lowest BCUT2D eigenvalue weighted by atomic mass is 9.99. The lowest BCUT2D eigenvalue weighted by Crippen LogP contribution is -2.38. The summed E-state index contributed by atoms with van der Waals surface area (Å²) in [7, 11) is 0. The predicted molar refractivity (Wildman–Crippen MR) is 105 cm³/mol. The molecule has 2 aromatic rings. The number of nitrogens with zero attached hydrogens (tertiary/aromatic N) is 1. The minimum atomic E-state index is -1.04. The summed E-state index contributed by atoms with van der Waals surface area (Å²) < 4.78 is 31.8. The van der Waals surface area contributed by atoms with E-state index >= 15 is 0 Å². The average molecular weight is 401 g/mol. The maximum atomic E-state index is 13.2. The Labute approximate surface area is 166 Å². The van der Waals surface area contributed by atoms with Gasteiger partial charge in [0.15, 0.2) is 17.7 Å². The molecule has 3 amide bonds. The van der Waals surface area contributed by atoms with Gasteiger partial charge in [-0.15, -0.1) is 0 Å². The van der Waals surface area contributed by atoms with E-state index in [0.717, 1.165) is 23.3 Å². The number of carbonyl (C=O) groups excluding carboxylic acids is 2. The van der Waals surface area contributed by atoms with E-state index in [1.807, 2.05) is 18.2 Å². The van der Waals surface area contributed by atoms with Gasteiger partial charge in [-0.05, 0) is 48.7 Å². The fraction of sp³-hybridized carbons (Fsp3) is 0.238. The number of nitrogens with two attached hydrogens (primary N) is 1. The third-order valence-corrected chi connectivity index (χ3v) is 4.62. The second-order valence-corrected chi connectivity index (χ2v) is 6.67. The first-order valence-electron chi connectivity index (χ1n) is 9.10. The van der Waals surface area contributed by atoms with E-state index in [0.29, 0.717) is 25.3 Å². The first-order chi connectivity index (χ1) is 13.8. The summed E-state index contributed by atoms with van der Waals surface area (Å²) in [4.78, 5) is 25.0. The standard InChI is InChI=1S/C21H21F2N3O3/c1-13(20(27)25-16-4-7-18(22)19(23)12-16)29-17-5-2-14(3-6-17)15-8-10-26(11-9-15)21(24)28/h2-8,12-13H,9-11H2,1H3,(H2,24,28)(H,25,27)/t13-/m1/s1. The van der Waals surface area contributed by atoms with Gasteiger partial charge in [0.1, 0.15) is 5.75 Å². The molecule has 0 saturated carbocycles. The van der Waals surface area contributed by atoms with E-state index in [1.165, 1.54) is 6.07 Å². The topological polar surface area (TPSA) is 84.7 Å². The molecule has 0 saturated heterocycles. The first-order valence-corrected chi connectivity index (χ1v) is 9.10. The van der Waals surface area contributed by atoms with Crippen LogP contribution in [0, 0.1) is 11.6 Å². The minimum absolute atomic E-state index is 0.147. The molecule has 1 heterocycles. The van der Waals surface area contributed by atoms with Crippen LogP contribution in [0.2, 0.25) is 0 Å². The smallest absolute Gasteiger partial charge is 0.315 e. The highest BCUT2D eigenvalue weighted by Gasteiger charge is 2.17. The number of halogens is 2. The summed E-state index contributed by atoms with van der Waals surface area (Å²) in [6.45, 7) is 2.61. The Morgan fingerprint density at radius 2 is 1.86 bits per heavy atom. The molecule has 8 heteroatoms. The molecule has 0 bridgehead atoms. The van der Waals surface area contributed by atoms with Crippen molar-refractivity contribution >= 4 is 23.2 Å². The Morgan fingerprint density at radius 1 is 1.14 bits per heavy atom. The molecule has 152 valence electrons. The molecule has 3 N–H and O–H groups in total. The SMILES string of the molecule is C[C@@H](Oc1ccc(C2=CCN(C(N)=O)CC2)cc1)C(=O)Nc1ccc(F)c(F)c1. The van der Waals surface area contributed by atoms with E-state index in [4.69, 9.17) is 10.5 Å². The number of hydrogen-bond acceptors (Lipinski definition) is 3. The second kappa shape index (κ2) is 8.72. The molecule has 6 nitrogen and oxygen atoms in total. The highest BCUT2D eigenvalue weighted by molar-refractivity contribution is 5.94. The second-order valence-electron chi connectivity index (χ2n) is 6.67. The largest absolute Gasteiger partial charge is 0.481 e. The highest BCUT2D eigenvalue weighted by atomic mass is 19.2. The van der Waals surface area contributed by atoms with Gasteiger partial charge in [-0.25, -0.2) is 13.6 Å². The van der Waals surface area contributed by atoms with Gasteiger partial charge in [-0.3, -0.25) is 4.79 Å². The van der Waals surface area contributed by atoms with Crippen LogP contribution in [0.5, 0.6) is 5.75 Å². The van der Waals surface area contributed by atoms with Crippen molar-refractivity contribution in [2.45, 2.75) is 19.4 Å². The number of rotatable bonds is 5. The summed E-state index contributed by atoms with van der Waals surface area (Å²) in [6.07, 6.45) is 1.82. The number of primary amides is 1. The van der Waals surface area contributed by atoms with Gasteiger partial charge >= 0.3 is 6.03 Å². The lowest BCUT2D eigenvalue weighted by molar-refractivity contribution is -0.122. The molecular formula is C21H21F2N3O3. The maximum Gasteiger partial charge on any atom is 0.315 e. The van der Waals surface area contributed by atoms with Crippen molar-refractivity contribution in [1.82, 2.24) is 4.90 Å². The van der Waals surface area contributed by atoms with Crippen LogP contribution in [-0.2, 0) is 4.79 Å². The molecular weight excluding hydrogens is 380 g/mol. The van der Waals surface area contributed by atoms with Crippen LogP contribution in [0.3, 0.4) is 0 Å². The van der Waals surface area contributed by atoms with E-state index in [1.54, 1.807) is 24.0 Å². The molecule has 1 atom stereocenters. The fourth-order valence-corrected chi connectivity index (χ4v) is 2.95. The Balaban J connectivity index is 1.58. The van der Waals surface area contributed by atoms with Gasteiger partial charge in [0.25, 0.3) is 5.91 Å². The number of anilines is 1. The zero-order valence-electron chi connectivity index (χ0n) is 15.8. The lowest BCUT2D eigenvalue weighted by Gasteiger charge is -2.24. The van der Waals surface area contributed by atoms with Crippen molar-refractivity contribution in [2.24, 2.45) is 5.73 Å². The van der Waals surface area contributed by atoms with Crippen molar-refractivity contribution in [1.29, 1.82) is 0 Å². The van der Waals surface area contributed by atoms with Crippen LogP contribution in [0.25, 0.3) is 5.57 Å². The Morgan fingerprint density at radius 3 is 2.45 bits per heavy atom. The van der Waals surface area contributed by atoms with Gasteiger partial charge in [0.05, 0.1) is 0 Å². The quantitative estimate of drug-likeness (QED) is 0.804. The monoisotopic (exact) mass is 401 g/mol. The highest BCUT2D eigenvalue weighted by Crippen LogP contribution is 2.25. The van der Waals surface area contributed by atoms with E-state index in [2.05, 4.69) is 5.32 Å². The molecule has 0 fully saturated rings. The molecule has 0 aromatic heterocycles. The van der Waals surface area contributed by atoms with Gasteiger partial charge in [-0.1, -0.05) is 18.2 Å². The molecule has 0 aliphatic carbocycles. The molecule has 1 aliphatic heterocycles. The summed E-state index contributed by atoms with van der Waals surface area (Å²) in [5, 5.41) is 2.48. The van der Waals surface area contributed by atoms with Crippen LogP contribution in [-0.4, -0.2) is 36.0 Å². The molecule has 2 aromatic carbocycles. The number of urea groups is 1. The number of ether oxygens (including phenoxy) is 1. The third-order valence-electron chi connectivity index (χ3n) is 4.62. The van der Waals surface area contributed by atoms with Crippen LogP contribution in [0.1, 0.15) is 18.9 Å². The number of hydrogen-bond donors (Lipinski definition) is 2. The maximum absolute atomic E-state index is 13.2. The van der Waals surface area contributed by atoms with Crippen molar-refractivity contribution in [2.75, 3.05) is 18.4 Å². The summed E-state index contributed by atoms with van der Waals surface area (Å²) in [5.74, 6) is -2.01. The Hall–Kier alpha value is -3.42. The number of nitrogens with one attached hydrogen (secondary N) is 1. The third kappa shape index (κ3) is 5.10. The number of carbonyl (C=O) groups is 2. The first kappa shape index (κ1) is 20.3. The van der Waals surface area contributed by atoms with Crippen LogP contribution in [0.15, 0.2) is 48.5 Å². The zero-order chi connectivity index (χ0) is 21.0. The fourth-order valence-electron chi connectivity index (χ4n) is 2.95. The van der Waals surface area contributed by atoms with Crippen molar-refractivity contribution in [3.63, 3.8) is 0 Å². The molecule has 1 aliphatic rings. The summed E-state index contributed by atoms with van der Waals surface area (Å²) >= 11 is 0. The Bertz CT molecular complexity index is 945. The summed E-state index contributed by atoms with van der Waals surface area (Å²) in [6, 6.07) is 9.94. The van der Waals surface area contributed by atoms with Crippen LogP contribution in [0.4, 0.5) is 19.3 Å². The number of benzene rings is 2. The predicted octanol–water partition coefficient (Wildman–Crippen LogP) is 3.54.